The molecule has 0 spiro atoms. The van der Waals surface area contributed by atoms with Crippen molar-refractivity contribution in [2.45, 2.75) is 41.8 Å². The minimum Gasteiger partial charge on any atom is -0.385 e. The lowest BCUT2D eigenvalue weighted by Gasteiger charge is -2.37. The molecule has 3 rings (SSSR count). The van der Waals surface area contributed by atoms with Crippen LogP contribution in [0.25, 0.3) is 5.57 Å². The number of rotatable bonds is 2. The van der Waals surface area contributed by atoms with Gasteiger partial charge in [-0.25, -0.2) is 0 Å². The van der Waals surface area contributed by atoms with Crippen LogP contribution < -0.4 is 0 Å². The van der Waals surface area contributed by atoms with Gasteiger partial charge in [0.05, 0.1) is 5.60 Å². The van der Waals surface area contributed by atoms with E-state index >= 15 is 0 Å². The van der Waals surface area contributed by atoms with E-state index in [4.69, 9.17) is 0 Å². The van der Waals surface area contributed by atoms with Gasteiger partial charge < -0.3 is 5.11 Å². The van der Waals surface area contributed by atoms with Crippen molar-refractivity contribution in [1.29, 1.82) is 0 Å². The van der Waals surface area contributed by atoms with Crippen LogP contribution in [0.4, 0.5) is 0 Å². The Morgan fingerprint density at radius 2 is 1.76 bits per heavy atom. The quantitative estimate of drug-likeness (QED) is 0.862. The molecule has 1 aromatic carbocycles. The molecule has 2 saturated heterocycles. The van der Waals surface area contributed by atoms with Gasteiger partial charge in [0, 0.05) is 10.5 Å². The van der Waals surface area contributed by atoms with Crippen LogP contribution in [0.15, 0.2) is 36.9 Å². The number of fused-ring (bicyclic) bond motifs is 2. The summed E-state index contributed by atoms with van der Waals surface area (Å²) in [5, 5.41) is 12.1. The van der Waals surface area contributed by atoms with Gasteiger partial charge in [0.25, 0.3) is 0 Å². The molecule has 2 heteroatoms. The summed E-state index contributed by atoms with van der Waals surface area (Å²) in [6.45, 7) is 4.16. The molecule has 1 aromatic rings. The van der Waals surface area contributed by atoms with Crippen LogP contribution in [0.3, 0.4) is 0 Å². The number of hydrogen-bond acceptors (Lipinski definition) is 2. The lowest BCUT2D eigenvalue weighted by atomic mass is 9.83. The van der Waals surface area contributed by atoms with E-state index in [0.717, 1.165) is 24.0 Å². The van der Waals surface area contributed by atoms with E-state index in [1.807, 2.05) is 30.3 Å². The number of thioether (sulfide) groups is 1. The van der Waals surface area contributed by atoms with Gasteiger partial charge in [-0.3, -0.25) is 0 Å². The van der Waals surface area contributed by atoms with Crippen molar-refractivity contribution in [3.05, 3.63) is 42.5 Å². The SMILES string of the molecule is C=C(c1ccccc1)C1(O)CC2CCC(C1)S2. The Labute approximate surface area is 107 Å². The molecule has 2 atom stereocenters. The zero-order chi connectivity index (χ0) is 11.9. The molecule has 2 fully saturated rings. The van der Waals surface area contributed by atoms with Gasteiger partial charge in [0.2, 0.25) is 0 Å². The number of benzene rings is 1. The molecule has 1 nitrogen and oxygen atoms in total. The van der Waals surface area contributed by atoms with Crippen LogP contribution in [0.2, 0.25) is 0 Å². The maximum atomic E-state index is 10.9. The van der Waals surface area contributed by atoms with E-state index in [0.29, 0.717) is 10.5 Å². The second-order valence-electron chi connectivity index (χ2n) is 5.24. The van der Waals surface area contributed by atoms with Crippen LogP contribution in [0.5, 0.6) is 0 Å². The predicted octanol–water partition coefficient (Wildman–Crippen LogP) is 3.49. The molecule has 0 aromatic heterocycles. The molecular formula is C15H18OS. The van der Waals surface area contributed by atoms with Crippen molar-refractivity contribution >= 4 is 17.3 Å². The topological polar surface area (TPSA) is 20.2 Å². The first-order valence-electron chi connectivity index (χ1n) is 6.30. The molecule has 2 heterocycles. The Morgan fingerprint density at radius 3 is 2.35 bits per heavy atom. The molecule has 1 N–H and O–H groups in total. The Hall–Kier alpha value is -0.730. The van der Waals surface area contributed by atoms with Gasteiger partial charge in [0.15, 0.2) is 0 Å². The zero-order valence-corrected chi connectivity index (χ0v) is 10.7. The van der Waals surface area contributed by atoms with Crippen LogP contribution in [0.1, 0.15) is 31.2 Å². The molecular weight excluding hydrogens is 228 g/mol. The van der Waals surface area contributed by atoms with Crippen molar-refractivity contribution in [3.8, 4) is 0 Å². The van der Waals surface area contributed by atoms with Crippen molar-refractivity contribution in [2.75, 3.05) is 0 Å². The Balaban J connectivity index is 1.86. The zero-order valence-electron chi connectivity index (χ0n) is 9.93. The fourth-order valence-electron chi connectivity index (χ4n) is 3.07. The van der Waals surface area contributed by atoms with Gasteiger partial charge >= 0.3 is 0 Å². The van der Waals surface area contributed by atoms with Crippen molar-refractivity contribution < 1.29 is 5.11 Å². The molecule has 17 heavy (non-hydrogen) atoms. The molecule has 0 aliphatic carbocycles. The first-order valence-corrected chi connectivity index (χ1v) is 7.24. The van der Waals surface area contributed by atoms with E-state index in [-0.39, 0.29) is 0 Å². The van der Waals surface area contributed by atoms with E-state index in [1.165, 1.54) is 12.8 Å². The van der Waals surface area contributed by atoms with Crippen molar-refractivity contribution in [2.24, 2.45) is 0 Å². The van der Waals surface area contributed by atoms with E-state index in [1.54, 1.807) is 0 Å². The number of hydrogen-bond donors (Lipinski definition) is 1. The average molecular weight is 246 g/mol. The fraction of sp³-hybridized carbons (Fsp3) is 0.467. The largest absolute Gasteiger partial charge is 0.385 e. The summed E-state index contributed by atoms with van der Waals surface area (Å²) in [6.07, 6.45) is 4.28. The van der Waals surface area contributed by atoms with Crippen molar-refractivity contribution in [3.63, 3.8) is 0 Å². The molecule has 2 unspecified atom stereocenters. The molecule has 2 aliphatic rings. The lowest BCUT2D eigenvalue weighted by Crippen LogP contribution is -2.38. The maximum Gasteiger partial charge on any atom is 0.0917 e. The monoisotopic (exact) mass is 246 g/mol. The summed E-state index contributed by atoms with van der Waals surface area (Å²) in [6, 6.07) is 10.1. The van der Waals surface area contributed by atoms with Gasteiger partial charge in [-0.2, -0.15) is 11.8 Å². The van der Waals surface area contributed by atoms with Crippen LogP contribution in [0, 0.1) is 0 Å². The summed E-state index contributed by atoms with van der Waals surface area (Å²) in [4.78, 5) is 0. The molecule has 0 saturated carbocycles. The summed E-state index contributed by atoms with van der Waals surface area (Å²) in [7, 11) is 0. The predicted molar refractivity (Wildman–Crippen MR) is 74.1 cm³/mol. The third kappa shape index (κ3) is 2.04. The highest BCUT2D eigenvalue weighted by atomic mass is 32.2. The standard InChI is InChI=1S/C15H18OS/c1-11(12-5-3-2-4-6-12)15(16)9-13-7-8-14(10-15)17-13/h2-6,13-14,16H,1,7-10H2. The summed E-state index contributed by atoms with van der Waals surface area (Å²) in [5.74, 6) is 0. The minimum absolute atomic E-state index is 0.638. The summed E-state index contributed by atoms with van der Waals surface area (Å²) >= 11 is 2.07. The second kappa shape index (κ2) is 4.18. The highest BCUT2D eigenvalue weighted by molar-refractivity contribution is 8.00. The molecule has 0 amide bonds. The van der Waals surface area contributed by atoms with Gasteiger partial charge in [-0.1, -0.05) is 36.9 Å². The van der Waals surface area contributed by atoms with Crippen LogP contribution in [-0.4, -0.2) is 21.2 Å². The maximum absolute atomic E-state index is 10.9. The highest BCUT2D eigenvalue weighted by Gasteiger charge is 2.44. The molecule has 2 aliphatic heterocycles. The smallest absolute Gasteiger partial charge is 0.0917 e. The summed E-state index contributed by atoms with van der Waals surface area (Å²) in [5.41, 5.74) is 1.33. The van der Waals surface area contributed by atoms with Gasteiger partial charge in [-0.05, 0) is 36.8 Å². The summed E-state index contributed by atoms with van der Waals surface area (Å²) < 4.78 is 0. The molecule has 90 valence electrons. The number of aliphatic hydroxyl groups is 1. The Bertz CT molecular complexity index is 414. The molecule has 0 radical (unpaired) electrons. The molecule has 2 bridgehead atoms. The lowest BCUT2D eigenvalue weighted by molar-refractivity contribution is 0.0843. The normalized spacial score (nSPS) is 35.8. The minimum atomic E-state index is -0.668. The van der Waals surface area contributed by atoms with Crippen LogP contribution >= 0.6 is 11.8 Å². The first-order chi connectivity index (χ1) is 8.17. The average Bonchev–Trinajstić information content (AvgIpc) is 2.69. The van der Waals surface area contributed by atoms with E-state index in [9.17, 15) is 5.11 Å². The van der Waals surface area contributed by atoms with Gasteiger partial charge in [0.1, 0.15) is 0 Å². The first kappa shape index (κ1) is 11.4. The fourth-order valence-corrected chi connectivity index (χ4v) is 4.90. The van der Waals surface area contributed by atoms with E-state index < -0.39 is 5.60 Å². The van der Waals surface area contributed by atoms with Gasteiger partial charge in [-0.15, -0.1) is 0 Å². The Morgan fingerprint density at radius 1 is 1.18 bits per heavy atom. The third-order valence-electron chi connectivity index (χ3n) is 4.01. The second-order valence-corrected chi connectivity index (χ2v) is 6.85. The Kier molecular flexibility index (Phi) is 2.80. The highest BCUT2D eigenvalue weighted by Crippen LogP contribution is 2.51. The van der Waals surface area contributed by atoms with Crippen LogP contribution in [-0.2, 0) is 0 Å². The third-order valence-corrected chi connectivity index (χ3v) is 5.58. The van der Waals surface area contributed by atoms with Crippen molar-refractivity contribution in [1.82, 2.24) is 0 Å². The van der Waals surface area contributed by atoms with E-state index in [2.05, 4.69) is 18.3 Å².